The molecule has 0 bridgehead atoms. The van der Waals surface area contributed by atoms with Crippen LogP contribution in [0.3, 0.4) is 0 Å². The van der Waals surface area contributed by atoms with Crippen LogP contribution in [0.4, 0.5) is 0 Å². The first-order valence-electron chi connectivity index (χ1n) is 7.51. The van der Waals surface area contributed by atoms with Crippen LogP contribution in [0.5, 0.6) is 0 Å². The Morgan fingerprint density at radius 1 is 1.33 bits per heavy atom. The van der Waals surface area contributed by atoms with E-state index in [0.29, 0.717) is 13.1 Å². The van der Waals surface area contributed by atoms with E-state index in [1.54, 1.807) is 15.6 Å². The SMILES string of the molecule is CC1c2ccsc2CCN1S(=O)(=O)N1CCCCC1CO. The van der Waals surface area contributed by atoms with Crippen LogP contribution in [0.15, 0.2) is 11.4 Å². The lowest BCUT2D eigenvalue weighted by Gasteiger charge is -2.40. The molecule has 0 amide bonds. The molecule has 1 aromatic heterocycles. The summed E-state index contributed by atoms with van der Waals surface area (Å²) >= 11 is 1.71. The van der Waals surface area contributed by atoms with Crippen molar-refractivity contribution >= 4 is 21.5 Å². The fraction of sp³-hybridized carbons (Fsp3) is 0.714. The van der Waals surface area contributed by atoms with Gasteiger partial charge in [0.2, 0.25) is 0 Å². The summed E-state index contributed by atoms with van der Waals surface area (Å²) in [5.74, 6) is 0. The van der Waals surface area contributed by atoms with E-state index in [1.165, 1.54) is 9.18 Å². The van der Waals surface area contributed by atoms with Crippen molar-refractivity contribution < 1.29 is 13.5 Å². The molecule has 5 nitrogen and oxygen atoms in total. The van der Waals surface area contributed by atoms with Crippen LogP contribution in [0, 0.1) is 0 Å². The molecule has 0 spiro atoms. The van der Waals surface area contributed by atoms with Gasteiger partial charge < -0.3 is 5.11 Å². The number of aliphatic hydroxyl groups excluding tert-OH is 1. The average Bonchev–Trinajstić information content (AvgIpc) is 2.96. The Hall–Kier alpha value is -0.470. The molecule has 1 saturated heterocycles. The van der Waals surface area contributed by atoms with Gasteiger partial charge >= 0.3 is 0 Å². The molecule has 0 saturated carbocycles. The van der Waals surface area contributed by atoms with Gasteiger partial charge in [-0.15, -0.1) is 11.3 Å². The molecule has 118 valence electrons. The molecule has 21 heavy (non-hydrogen) atoms. The fourth-order valence-electron chi connectivity index (χ4n) is 3.40. The van der Waals surface area contributed by atoms with Gasteiger partial charge in [0.25, 0.3) is 10.2 Å². The molecule has 2 unspecified atom stereocenters. The monoisotopic (exact) mass is 330 g/mol. The third-order valence-electron chi connectivity index (χ3n) is 4.60. The molecule has 3 rings (SSSR count). The Bertz CT molecular complexity index is 599. The highest BCUT2D eigenvalue weighted by atomic mass is 32.2. The lowest BCUT2D eigenvalue weighted by molar-refractivity contribution is 0.144. The molecule has 1 aromatic rings. The summed E-state index contributed by atoms with van der Waals surface area (Å²) in [5.41, 5.74) is 1.13. The van der Waals surface area contributed by atoms with E-state index in [0.717, 1.165) is 31.2 Å². The number of rotatable bonds is 3. The molecule has 0 aromatic carbocycles. The molecule has 0 aliphatic carbocycles. The van der Waals surface area contributed by atoms with Gasteiger partial charge in [0.1, 0.15) is 0 Å². The fourth-order valence-corrected chi connectivity index (χ4v) is 6.37. The summed E-state index contributed by atoms with van der Waals surface area (Å²) in [5, 5.41) is 11.5. The van der Waals surface area contributed by atoms with E-state index in [-0.39, 0.29) is 18.7 Å². The second-order valence-electron chi connectivity index (χ2n) is 5.79. The van der Waals surface area contributed by atoms with Crippen molar-refractivity contribution in [1.82, 2.24) is 8.61 Å². The summed E-state index contributed by atoms with van der Waals surface area (Å²) in [6.45, 7) is 2.92. The Balaban J connectivity index is 1.88. The Kier molecular flexibility index (Phi) is 4.38. The van der Waals surface area contributed by atoms with E-state index in [2.05, 4.69) is 0 Å². The van der Waals surface area contributed by atoms with Crippen LogP contribution < -0.4 is 0 Å². The summed E-state index contributed by atoms with van der Waals surface area (Å²) in [4.78, 5) is 1.30. The average molecular weight is 330 g/mol. The van der Waals surface area contributed by atoms with Crippen LogP contribution in [-0.4, -0.2) is 47.9 Å². The number of aliphatic hydroxyl groups is 1. The third-order valence-corrected chi connectivity index (χ3v) is 7.76. The predicted molar refractivity (Wildman–Crippen MR) is 83.5 cm³/mol. The number of thiophene rings is 1. The van der Waals surface area contributed by atoms with Crippen LogP contribution in [0.25, 0.3) is 0 Å². The molecule has 1 N–H and O–H groups in total. The summed E-state index contributed by atoms with van der Waals surface area (Å²) in [6, 6.07) is 1.65. The van der Waals surface area contributed by atoms with Crippen molar-refractivity contribution in [2.24, 2.45) is 0 Å². The first kappa shape index (κ1) is 15.4. The summed E-state index contributed by atoms with van der Waals surface area (Å²) in [7, 11) is -3.50. The number of hydrogen-bond donors (Lipinski definition) is 1. The zero-order chi connectivity index (χ0) is 15.0. The zero-order valence-corrected chi connectivity index (χ0v) is 13.9. The minimum Gasteiger partial charge on any atom is -0.395 e. The smallest absolute Gasteiger partial charge is 0.282 e. The molecular formula is C14H22N2O3S2. The standard InChI is InChI=1S/C14H22N2O3S2/c1-11-13-6-9-20-14(13)5-8-15(11)21(18,19)16-7-3-2-4-12(16)10-17/h6,9,11-12,17H,2-5,7-8,10H2,1H3. The first-order valence-corrected chi connectivity index (χ1v) is 9.79. The van der Waals surface area contributed by atoms with Crippen molar-refractivity contribution in [1.29, 1.82) is 0 Å². The molecule has 3 heterocycles. The van der Waals surface area contributed by atoms with Gasteiger partial charge in [0.05, 0.1) is 6.61 Å². The summed E-state index contributed by atoms with van der Waals surface area (Å²) < 4.78 is 29.1. The van der Waals surface area contributed by atoms with Gasteiger partial charge in [0.15, 0.2) is 0 Å². The topological polar surface area (TPSA) is 60.9 Å². The lowest BCUT2D eigenvalue weighted by Crippen LogP contribution is -2.53. The van der Waals surface area contributed by atoms with Gasteiger partial charge in [-0.3, -0.25) is 0 Å². The second kappa shape index (κ2) is 5.96. The maximum absolute atomic E-state index is 13.0. The van der Waals surface area contributed by atoms with Gasteiger partial charge in [-0.25, -0.2) is 0 Å². The van der Waals surface area contributed by atoms with E-state index in [1.807, 2.05) is 18.4 Å². The molecule has 2 aliphatic heterocycles. The quantitative estimate of drug-likeness (QED) is 0.919. The Morgan fingerprint density at radius 3 is 2.90 bits per heavy atom. The van der Waals surface area contributed by atoms with Crippen molar-refractivity contribution in [3.05, 3.63) is 21.9 Å². The van der Waals surface area contributed by atoms with E-state index in [9.17, 15) is 13.5 Å². The van der Waals surface area contributed by atoms with Crippen LogP contribution >= 0.6 is 11.3 Å². The number of piperidine rings is 1. The van der Waals surface area contributed by atoms with Crippen LogP contribution in [0.1, 0.15) is 42.7 Å². The van der Waals surface area contributed by atoms with Crippen molar-refractivity contribution in [3.8, 4) is 0 Å². The maximum Gasteiger partial charge on any atom is 0.282 e. The summed E-state index contributed by atoms with van der Waals surface area (Å²) in [6.07, 6.45) is 3.40. The van der Waals surface area contributed by atoms with Crippen molar-refractivity contribution in [3.63, 3.8) is 0 Å². The Morgan fingerprint density at radius 2 is 2.14 bits per heavy atom. The molecule has 2 aliphatic rings. The number of nitrogens with zero attached hydrogens (tertiary/aromatic N) is 2. The highest BCUT2D eigenvalue weighted by Crippen LogP contribution is 2.36. The first-order chi connectivity index (χ1) is 10.1. The minimum atomic E-state index is -3.50. The van der Waals surface area contributed by atoms with E-state index < -0.39 is 10.2 Å². The molecule has 0 radical (unpaired) electrons. The van der Waals surface area contributed by atoms with Crippen LogP contribution in [-0.2, 0) is 16.6 Å². The Labute approximate surface area is 130 Å². The zero-order valence-electron chi connectivity index (χ0n) is 12.2. The highest BCUT2D eigenvalue weighted by molar-refractivity contribution is 7.86. The van der Waals surface area contributed by atoms with Gasteiger partial charge in [-0.05, 0) is 43.2 Å². The predicted octanol–water partition coefficient (Wildman–Crippen LogP) is 1.76. The second-order valence-corrected chi connectivity index (χ2v) is 8.62. The number of hydrogen-bond acceptors (Lipinski definition) is 4. The highest BCUT2D eigenvalue weighted by Gasteiger charge is 2.40. The normalized spacial score (nSPS) is 28.5. The van der Waals surface area contributed by atoms with Gasteiger partial charge in [-0.1, -0.05) is 6.42 Å². The molecule has 1 fully saturated rings. The molecule has 7 heteroatoms. The van der Waals surface area contributed by atoms with Crippen molar-refractivity contribution in [2.45, 2.75) is 44.7 Å². The largest absolute Gasteiger partial charge is 0.395 e. The molecule has 2 atom stereocenters. The van der Waals surface area contributed by atoms with Crippen molar-refractivity contribution in [2.75, 3.05) is 19.7 Å². The van der Waals surface area contributed by atoms with Gasteiger partial charge in [0, 0.05) is 30.1 Å². The van der Waals surface area contributed by atoms with Gasteiger partial charge in [-0.2, -0.15) is 17.0 Å². The van der Waals surface area contributed by atoms with E-state index >= 15 is 0 Å². The maximum atomic E-state index is 13.0. The number of fused-ring (bicyclic) bond motifs is 1. The van der Waals surface area contributed by atoms with Crippen LogP contribution in [0.2, 0.25) is 0 Å². The lowest BCUT2D eigenvalue weighted by atomic mass is 10.0. The van der Waals surface area contributed by atoms with E-state index in [4.69, 9.17) is 0 Å². The minimum absolute atomic E-state index is 0.0921. The molecular weight excluding hydrogens is 308 g/mol. The third kappa shape index (κ3) is 2.66.